The number of hydrogen-bond acceptors (Lipinski definition) is 5. The predicted molar refractivity (Wildman–Crippen MR) is 70.0 cm³/mol. The van der Waals surface area contributed by atoms with Gasteiger partial charge in [-0.15, -0.1) is 5.10 Å². The number of carbonyl (C=O) groups is 2. The predicted octanol–water partition coefficient (Wildman–Crippen LogP) is -0.767. The average molecular weight is 268 g/mol. The molecule has 3 N–H and O–H groups in total. The van der Waals surface area contributed by atoms with E-state index in [4.69, 9.17) is 5.73 Å². The molecule has 0 bridgehead atoms. The highest BCUT2D eigenvalue weighted by Gasteiger charge is 2.20. The number of hydrogen-bond donors (Lipinski definition) is 2. The largest absolute Gasteiger partial charge is 0.367 e. The number of nitrogens with two attached hydrogens (primary N) is 1. The number of anilines is 1. The molecule has 1 aromatic heterocycles. The quantitative estimate of drug-likeness (QED) is 0.705. The zero-order chi connectivity index (χ0) is 14.4. The van der Waals surface area contributed by atoms with Crippen LogP contribution < -0.4 is 11.1 Å². The molecule has 0 spiro atoms. The van der Waals surface area contributed by atoms with E-state index in [9.17, 15) is 9.59 Å². The van der Waals surface area contributed by atoms with Gasteiger partial charge in [-0.05, 0) is 20.8 Å². The fourth-order valence-electron chi connectivity index (χ4n) is 1.69. The van der Waals surface area contributed by atoms with Crippen LogP contribution in [-0.2, 0) is 16.1 Å². The molecule has 0 fully saturated rings. The van der Waals surface area contributed by atoms with E-state index in [0.29, 0.717) is 13.1 Å². The molecule has 1 unspecified atom stereocenters. The van der Waals surface area contributed by atoms with Crippen molar-refractivity contribution < 1.29 is 9.59 Å². The minimum Gasteiger partial charge on any atom is -0.367 e. The van der Waals surface area contributed by atoms with Crippen LogP contribution in [0.1, 0.15) is 20.8 Å². The van der Waals surface area contributed by atoms with Crippen LogP contribution >= 0.6 is 0 Å². The summed E-state index contributed by atoms with van der Waals surface area (Å²) in [6, 6.07) is -0.562. The second-order valence-electron chi connectivity index (χ2n) is 4.10. The van der Waals surface area contributed by atoms with Crippen LogP contribution in [0.3, 0.4) is 0 Å². The van der Waals surface area contributed by atoms with E-state index in [1.807, 2.05) is 13.8 Å². The normalized spacial score (nSPS) is 11.9. The summed E-state index contributed by atoms with van der Waals surface area (Å²) < 4.78 is 1.32. The summed E-state index contributed by atoms with van der Waals surface area (Å²) in [5.41, 5.74) is 5.34. The lowest BCUT2D eigenvalue weighted by atomic mass is 10.2. The van der Waals surface area contributed by atoms with Gasteiger partial charge < -0.3 is 16.0 Å². The van der Waals surface area contributed by atoms with Crippen molar-refractivity contribution in [2.45, 2.75) is 33.4 Å². The highest BCUT2D eigenvalue weighted by atomic mass is 16.2. The third kappa shape index (κ3) is 4.23. The molecule has 0 aromatic carbocycles. The maximum absolute atomic E-state index is 12.0. The van der Waals surface area contributed by atoms with E-state index in [-0.39, 0.29) is 24.3 Å². The van der Waals surface area contributed by atoms with Gasteiger partial charge in [0.2, 0.25) is 17.8 Å². The van der Waals surface area contributed by atoms with Crippen molar-refractivity contribution in [2.24, 2.45) is 0 Å². The molecule has 0 aliphatic carbocycles. The molecule has 8 heteroatoms. The first-order valence-corrected chi connectivity index (χ1v) is 6.21. The summed E-state index contributed by atoms with van der Waals surface area (Å²) in [6.45, 7) is 6.68. The molecule has 0 saturated carbocycles. The van der Waals surface area contributed by atoms with Crippen molar-refractivity contribution in [1.29, 1.82) is 0 Å². The number of nitrogens with one attached hydrogen (secondary N) is 1. The third-order valence-corrected chi connectivity index (χ3v) is 2.68. The highest BCUT2D eigenvalue weighted by Crippen LogP contribution is 1.96. The second-order valence-corrected chi connectivity index (χ2v) is 4.10. The minimum atomic E-state index is -0.562. The number of aromatic nitrogens is 3. The Balaban J connectivity index is 2.49. The Morgan fingerprint density at radius 3 is 2.58 bits per heavy atom. The van der Waals surface area contributed by atoms with E-state index in [2.05, 4.69) is 15.4 Å². The van der Waals surface area contributed by atoms with E-state index in [0.717, 1.165) is 0 Å². The summed E-state index contributed by atoms with van der Waals surface area (Å²) in [4.78, 5) is 29.1. The lowest BCUT2D eigenvalue weighted by molar-refractivity contribution is -0.135. The number of nitrogens with zero attached hydrogens (tertiary/aromatic N) is 4. The van der Waals surface area contributed by atoms with Crippen LogP contribution in [0.5, 0.6) is 0 Å². The van der Waals surface area contributed by atoms with Gasteiger partial charge in [-0.1, -0.05) is 0 Å². The van der Waals surface area contributed by atoms with Crippen molar-refractivity contribution in [3.63, 3.8) is 0 Å². The highest BCUT2D eigenvalue weighted by molar-refractivity contribution is 5.87. The molecule has 0 aliphatic rings. The molecule has 1 atom stereocenters. The molecule has 2 amide bonds. The first kappa shape index (κ1) is 14.9. The molecule has 0 radical (unpaired) electrons. The van der Waals surface area contributed by atoms with E-state index < -0.39 is 6.04 Å². The Morgan fingerprint density at radius 1 is 1.47 bits per heavy atom. The molecule has 8 nitrogen and oxygen atoms in total. The molecular weight excluding hydrogens is 248 g/mol. The summed E-state index contributed by atoms with van der Waals surface area (Å²) in [5.74, 6) is -0.297. The maximum Gasteiger partial charge on any atom is 0.244 e. The monoisotopic (exact) mass is 268 g/mol. The van der Waals surface area contributed by atoms with Gasteiger partial charge in [0.05, 0.1) is 0 Å². The van der Waals surface area contributed by atoms with Gasteiger partial charge in [0.25, 0.3) is 0 Å². The number of nitrogen functional groups attached to an aromatic ring is 1. The smallest absolute Gasteiger partial charge is 0.244 e. The SMILES string of the molecule is CCN(CC)C(=O)C(C)NC(=O)Cn1cnc(N)n1. The molecule has 0 saturated heterocycles. The fourth-order valence-corrected chi connectivity index (χ4v) is 1.69. The Labute approximate surface area is 112 Å². The van der Waals surface area contributed by atoms with E-state index >= 15 is 0 Å². The van der Waals surface area contributed by atoms with Crippen molar-refractivity contribution in [3.05, 3.63) is 6.33 Å². The van der Waals surface area contributed by atoms with Gasteiger partial charge >= 0.3 is 0 Å². The zero-order valence-corrected chi connectivity index (χ0v) is 11.5. The number of amides is 2. The van der Waals surface area contributed by atoms with Crippen molar-refractivity contribution >= 4 is 17.8 Å². The topological polar surface area (TPSA) is 106 Å². The second kappa shape index (κ2) is 6.72. The molecule has 0 aliphatic heterocycles. The van der Waals surface area contributed by atoms with Crippen LogP contribution in [0.25, 0.3) is 0 Å². The van der Waals surface area contributed by atoms with E-state index in [1.165, 1.54) is 11.0 Å². The Hall–Kier alpha value is -2.12. The lowest BCUT2D eigenvalue weighted by Gasteiger charge is -2.23. The van der Waals surface area contributed by atoms with Crippen LogP contribution in [0.4, 0.5) is 5.95 Å². The van der Waals surface area contributed by atoms with Gasteiger partial charge in [0.15, 0.2) is 0 Å². The number of carbonyl (C=O) groups excluding carboxylic acids is 2. The standard InChI is InChI=1S/C11H20N6O2/c1-4-16(5-2)10(19)8(3)14-9(18)6-17-7-13-11(12)15-17/h7-8H,4-6H2,1-3H3,(H2,12,15)(H,14,18). The van der Waals surface area contributed by atoms with Gasteiger partial charge in [-0.25, -0.2) is 9.67 Å². The van der Waals surface area contributed by atoms with Crippen LogP contribution in [0.15, 0.2) is 6.33 Å². The number of likely N-dealkylation sites (N-methyl/N-ethyl adjacent to an activating group) is 1. The van der Waals surface area contributed by atoms with Gasteiger partial charge in [0.1, 0.15) is 18.9 Å². The van der Waals surface area contributed by atoms with Crippen molar-refractivity contribution in [2.75, 3.05) is 18.8 Å². The maximum atomic E-state index is 12.0. The van der Waals surface area contributed by atoms with Gasteiger partial charge in [0, 0.05) is 13.1 Å². The van der Waals surface area contributed by atoms with Crippen LogP contribution in [-0.4, -0.2) is 50.6 Å². The molecule has 1 aromatic rings. The molecule has 106 valence electrons. The lowest BCUT2D eigenvalue weighted by Crippen LogP contribution is -2.47. The molecule has 1 rings (SSSR count). The summed E-state index contributed by atoms with van der Waals surface area (Å²) in [6.07, 6.45) is 1.37. The summed E-state index contributed by atoms with van der Waals surface area (Å²) in [5, 5.41) is 6.42. The van der Waals surface area contributed by atoms with Crippen LogP contribution in [0, 0.1) is 0 Å². The fraction of sp³-hybridized carbons (Fsp3) is 0.636. The van der Waals surface area contributed by atoms with Gasteiger partial charge in [-0.3, -0.25) is 9.59 Å². The first-order chi connectivity index (χ1) is 8.97. The Bertz CT molecular complexity index is 440. The molecule has 19 heavy (non-hydrogen) atoms. The number of rotatable bonds is 6. The van der Waals surface area contributed by atoms with Crippen molar-refractivity contribution in [3.8, 4) is 0 Å². The van der Waals surface area contributed by atoms with Gasteiger partial charge in [-0.2, -0.15) is 0 Å². The summed E-state index contributed by atoms with van der Waals surface area (Å²) in [7, 11) is 0. The Morgan fingerprint density at radius 2 is 2.11 bits per heavy atom. The zero-order valence-electron chi connectivity index (χ0n) is 11.5. The molecule has 1 heterocycles. The molecular formula is C11H20N6O2. The van der Waals surface area contributed by atoms with Crippen LogP contribution in [0.2, 0.25) is 0 Å². The minimum absolute atomic E-state index is 0.0138. The van der Waals surface area contributed by atoms with E-state index in [1.54, 1.807) is 11.8 Å². The third-order valence-electron chi connectivity index (χ3n) is 2.68. The summed E-state index contributed by atoms with van der Waals surface area (Å²) >= 11 is 0. The first-order valence-electron chi connectivity index (χ1n) is 6.21. The Kier molecular flexibility index (Phi) is 5.28. The van der Waals surface area contributed by atoms with Crippen molar-refractivity contribution in [1.82, 2.24) is 25.0 Å². The average Bonchev–Trinajstić information content (AvgIpc) is 2.75.